The summed E-state index contributed by atoms with van der Waals surface area (Å²) < 4.78 is 0. The Labute approximate surface area is 199 Å². The summed E-state index contributed by atoms with van der Waals surface area (Å²) in [5, 5.41) is 0.700. The van der Waals surface area contributed by atoms with Crippen molar-refractivity contribution in [3.63, 3.8) is 0 Å². The maximum Gasteiger partial charge on any atom is 0.233 e. The Morgan fingerprint density at radius 2 is 1.82 bits per heavy atom. The number of hydrogen-bond acceptors (Lipinski definition) is 6. The van der Waals surface area contributed by atoms with Gasteiger partial charge in [0.25, 0.3) is 0 Å². The predicted octanol–water partition coefficient (Wildman–Crippen LogP) is 3.54. The Hall–Kier alpha value is -3.19. The van der Waals surface area contributed by atoms with Gasteiger partial charge in [-0.05, 0) is 48.2 Å². The van der Waals surface area contributed by atoms with Gasteiger partial charge in [0.15, 0.2) is 0 Å². The monoisotopic (exact) mass is 462 g/mol. The quantitative estimate of drug-likeness (QED) is 0.558. The van der Waals surface area contributed by atoms with Gasteiger partial charge >= 0.3 is 0 Å². The average molecular weight is 463 g/mol. The smallest absolute Gasteiger partial charge is 0.233 e. The summed E-state index contributed by atoms with van der Waals surface area (Å²) in [6, 6.07) is 13.7. The minimum atomic E-state index is -0.357. The molecule has 33 heavy (non-hydrogen) atoms. The molecule has 1 aromatic carbocycles. The van der Waals surface area contributed by atoms with E-state index >= 15 is 0 Å². The van der Waals surface area contributed by atoms with Crippen molar-refractivity contribution in [1.82, 2.24) is 19.9 Å². The summed E-state index contributed by atoms with van der Waals surface area (Å²) in [6.07, 6.45) is 7.24. The van der Waals surface area contributed by atoms with Crippen LogP contribution in [0.25, 0.3) is 0 Å². The number of nitrogens with zero attached hydrogens (tertiary/aromatic N) is 6. The molecule has 0 bridgehead atoms. The number of carbonyl (C=O) groups is 1. The normalized spacial score (nSPS) is 17.0. The van der Waals surface area contributed by atoms with Crippen LogP contribution in [0.4, 0.5) is 11.8 Å². The number of pyridine rings is 1. The fourth-order valence-electron chi connectivity index (χ4n) is 4.50. The lowest BCUT2D eigenvalue weighted by Crippen LogP contribution is -2.51. The average Bonchev–Trinajstić information content (AvgIpc) is 3.67. The Balaban J connectivity index is 1.22. The molecule has 0 N–H and O–H groups in total. The number of hydrogen-bond donors (Lipinski definition) is 0. The van der Waals surface area contributed by atoms with Crippen molar-refractivity contribution < 1.29 is 4.79 Å². The molecule has 170 valence electrons. The number of aromatic nitrogens is 3. The van der Waals surface area contributed by atoms with Crippen LogP contribution in [0.15, 0.2) is 61.1 Å². The second kappa shape index (κ2) is 8.98. The van der Waals surface area contributed by atoms with Gasteiger partial charge in [-0.25, -0.2) is 4.98 Å². The molecule has 0 atom stereocenters. The first kappa shape index (κ1) is 21.6. The second-order valence-corrected chi connectivity index (χ2v) is 9.24. The van der Waals surface area contributed by atoms with Crippen LogP contribution in [0.5, 0.6) is 0 Å². The molecule has 0 radical (unpaired) electrons. The van der Waals surface area contributed by atoms with E-state index < -0.39 is 0 Å². The summed E-state index contributed by atoms with van der Waals surface area (Å²) in [5.41, 5.74) is 1.83. The lowest BCUT2D eigenvalue weighted by Gasteiger charge is -2.37. The predicted molar refractivity (Wildman–Crippen MR) is 130 cm³/mol. The molecule has 1 saturated carbocycles. The first-order chi connectivity index (χ1) is 16.0. The van der Waals surface area contributed by atoms with Crippen LogP contribution in [0.1, 0.15) is 24.0 Å². The highest BCUT2D eigenvalue weighted by Gasteiger charge is 2.53. The zero-order chi connectivity index (χ0) is 22.8. The van der Waals surface area contributed by atoms with E-state index in [1.54, 1.807) is 12.4 Å². The summed E-state index contributed by atoms with van der Waals surface area (Å²) in [5.74, 6) is 1.81. The first-order valence-electron chi connectivity index (χ1n) is 11.3. The van der Waals surface area contributed by atoms with Gasteiger partial charge in [-0.15, -0.1) is 0 Å². The zero-order valence-electron chi connectivity index (χ0n) is 18.7. The Bertz CT molecular complexity index is 1110. The molecule has 1 saturated heterocycles. The van der Waals surface area contributed by atoms with Gasteiger partial charge in [-0.1, -0.05) is 29.8 Å². The molecule has 1 aliphatic carbocycles. The van der Waals surface area contributed by atoms with Gasteiger partial charge in [-0.3, -0.25) is 9.78 Å². The summed E-state index contributed by atoms with van der Waals surface area (Å²) in [4.78, 5) is 33.0. The van der Waals surface area contributed by atoms with E-state index in [-0.39, 0.29) is 11.3 Å². The lowest BCUT2D eigenvalue weighted by atomic mass is 9.94. The molecule has 5 rings (SSSR count). The molecule has 1 amide bonds. The van der Waals surface area contributed by atoms with E-state index in [9.17, 15) is 4.79 Å². The molecule has 2 fully saturated rings. The third-order valence-corrected chi connectivity index (χ3v) is 6.81. The Morgan fingerprint density at radius 1 is 1.06 bits per heavy atom. The maximum atomic E-state index is 13.4. The van der Waals surface area contributed by atoms with Crippen molar-refractivity contribution in [2.24, 2.45) is 0 Å². The standard InChI is InChI=1S/C25H27ClN6O/c1-30(18-19-3-2-11-27-17-19)24-28-12-8-22(29-24)31-13-15-32(16-14-31)23(33)25(9-10-25)20-4-6-21(26)7-5-20/h2-8,11-12,17H,9-10,13-16,18H2,1H3. The maximum absolute atomic E-state index is 13.4. The highest BCUT2D eigenvalue weighted by atomic mass is 35.5. The van der Waals surface area contributed by atoms with E-state index in [0.717, 1.165) is 42.9 Å². The molecular weight excluding hydrogens is 436 g/mol. The number of piperazine rings is 1. The molecule has 7 nitrogen and oxygen atoms in total. The van der Waals surface area contributed by atoms with Crippen LogP contribution >= 0.6 is 11.6 Å². The third kappa shape index (κ3) is 4.50. The first-order valence-corrected chi connectivity index (χ1v) is 11.7. The van der Waals surface area contributed by atoms with Crippen molar-refractivity contribution in [2.75, 3.05) is 43.0 Å². The van der Waals surface area contributed by atoms with Gasteiger partial charge in [0.1, 0.15) is 5.82 Å². The number of halogens is 1. The Kier molecular flexibility index (Phi) is 5.89. The second-order valence-electron chi connectivity index (χ2n) is 8.80. The zero-order valence-corrected chi connectivity index (χ0v) is 19.4. The highest BCUT2D eigenvalue weighted by Crippen LogP contribution is 2.50. The van der Waals surface area contributed by atoms with E-state index in [1.165, 1.54) is 0 Å². The molecular formula is C25H27ClN6O. The molecule has 2 aliphatic rings. The fraction of sp³-hybridized carbons (Fsp3) is 0.360. The topological polar surface area (TPSA) is 65.5 Å². The molecule has 3 aromatic rings. The Morgan fingerprint density at radius 3 is 2.48 bits per heavy atom. The van der Waals surface area contributed by atoms with Crippen LogP contribution in [0, 0.1) is 0 Å². The molecule has 3 heterocycles. The van der Waals surface area contributed by atoms with Crippen molar-refractivity contribution in [3.05, 3.63) is 77.2 Å². The molecule has 0 spiro atoms. The minimum absolute atomic E-state index is 0.240. The fourth-order valence-corrected chi connectivity index (χ4v) is 4.62. The van der Waals surface area contributed by atoms with Crippen molar-refractivity contribution in [3.8, 4) is 0 Å². The molecule has 8 heteroatoms. The van der Waals surface area contributed by atoms with Gasteiger partial charge < -0.3 is 14.7 Å². The lowest BCUT2D eigenvalue weighted by molar-refractivity contribution is -0.134. The van der Waals surface area contributed by atoms with Gasteiger partial charge in [0, 0.05) is 63.4 Å². The van der Waals surface area contributed by atoms with Gasteiger partial charge in [0.2, 0.25) is 11.9 Å². The van der Waals surface area contributed by atoms with Crippen LogP contribution < -0.4 is 9.80 Å². The van der Waals surface area contributed by atoms with E-state index in [0.29, 0.717) is 30.6 Å². The number of carbonyl (C=O) groups excluding carboxylic acids is 1. The van der Waals surface area contributed by atoms with Crippen LogP contribution in [0.3, 0.4) is 0 Å². The van der Waals surface area contributed by atoms with Crippen molar-refractivity contribution >= 4 is 29.3 Å². The minimum Gasteiger partial charge on any atom is -0.353 e. The molecule has 0 unspecified atom stereocenters. The van der Waals surface area contributed by atoms with Crippen LogP contribution in [-0.2, 0) is 16.8 Å². The van der Waals surface area contributed by atoms with E-state index in [1.807, 2.05) is 65.5 Å². The van der Waals surface area contributed by atoms with Crippen molar-refractivity contribution in [1.29, 1.82) is 0 Å². The molecule has 2 aromatic heterocycles. The number of amides is 1. The van der Waals surface area contributed by atoms with E-state index in [2.05, 4.69) is 14.9 Å². The van der Waals surface area contributed by atoms with Gasteiger partial charge in [0.05, 0.1) is 5.41 Å². The van der Waals surface area contributed by atoms with E-state index in [4.69, 9.17) is 16.6 Å². The summed E-state index contributed by atoms with van der Waals surface area (Å²) in [6.45, 7) is 3.58. The summed E-state index contributed by atoms with van der Waals surface area (Å²) >= 11 is 6.04. The van der Waals surface area contributed by atoms with Crippen LogP contribution in [-0.4, -0.2) is 59.0 Å². The number of anilines is 2. The SMILES string of the molecule is CN(Cc1cccnc1)c1nccc(N2CCN(C(=O)C3(c4ccc(Cl)cc4)CC3)CC2)n1. The highest BCUT2D eigenvalue weighted by molar-refractivity contribution is 6.30. The molecule has 1 aliphatic heterocycles. The number of rotatable bonds is 6. The van der Waals surface area contributed by atoms with Crippen LogP contribution in [0.2, 0.25) is 5.02 Å². The number of benzene rings is 1. The summed E-state index contributed by atoms with van der Waals surface area (Å²) in [7, 11) is 1.98. The van der Waals surface area contributed by atoms with Crippen molar-refractivity contribution in [2.45, 2.75) is 24.8 Å². The largest absolute Gasteiger partial charge is 0.353 e. The van der Waals surface area contributed by atoms with Gasteiger partial charge in [-0.2, -0.15) is 4.98 Å². The third-order valence-electron chi connectivity index (χ3n) is 6.56.